The maximum absolute atomic E-state index is 12.8. The van der Waals surface area contributed by atoms with Crippen LogP contribution in [-0.2, 0) is 24.1 Å². The van der Waals surface area contributed by atoms with Crippen LogP contribution in [0.4, 0.5) is 13.2 Å². The molecular weight excluding hydrogens is 423 g/mol. The molecule has 0 bridgehead atoms. The third kappa shape index (κ3) is 4.56. The number of ether oxygens (including phenoxy) is 1. The Morgan fingerprint density at radius 1 is 1.09 bits per heavy atom. The predicted molar refractivity (Wildman–Crippen MR) is 109 cm³/mol. The van der Waals surface area contributed by atoms with E-state index < -0.39 is 17.6 Å². The number of alkyl halides is 3. The van der Waals surface area contributed by atoms with Gasteiger partial charge >= 0.3 is 6.18 Å². The molecule has 1 aliphatic rings. The van der Waals surface area contributed by atoms with Crippen molar-refractivity contribution in [2.45, 2.75) is 19.3 Å². The van der Waals surface area contributed by atoms with Gasteiger partial charge in [0.25, 0.3) is 5.91 Å². The summed E-state index contributed by atoms with van der Waals surface area (Å²) in [6.07, 6.45) is -4.42. The number of hydrogen-bond donors (Lipinski definition) is 1. The number of nitrogens with zero attached hydrogens (tertiary/aromatic N) is 2. The molecule has 0 radical (unpaired) electrons. The summed E-state index contributed by atoms with van der Waals surface area (Å²) in [4.78, 5) is 30.1. The molecule has 1 aromatic heterocycles. The maximum atomic E-state index is 12.8. The average Bonchev–Trinajstić information content (AvgIpc) is 2.92. The number of carbonyl (C=O) groups is 2. The highest BCUT2D eigenvalue weighted by molar-refractivity contribution is 5.94. The Morgan fingerprint density at radius 3 is 2.53 bits per heavy atom. The highest BCUT2D eigenvalue weighted by Gasteiger charge is 2.30. The van der Waals surface area contributed by atoms with Gasteiger partial charge in [-0.05, 0) is 42.0 Å². The van der Waals surface area contributed by atoms with Crippen LogP contribution in [0.15, 0.2) is 60.7 Å². The van der Waals surface area contributed by atoms with Crippen LogP contribution in [-0.4, -0.2) is 28.3 Å². The van der Waals surface area contributed by atoms with Crippen molar-refractivity contribution < 1.29 is 27.5 Å². The number of benzene rings is 2. The summed E-state index contributed by atoms with van der Waals surface area (Å²) in [7, 11) is 0. The molecule has 0 spiro atoms. The molecule has 0 saturated heterocycles. The maximum Gasteiger partial charge on any atom is 0.416 e. The van der Waals surface area contributed by atoms with Crippen molar-refractivity contribution in [1.29, 1.82) is 0 Å². The Hall–Kier alpha value is -3.88. The molecule has 3 aromatic rings. The molecule has 2 amide bonds. The average molecular weight is 441 g/mol. The number of amides is 2. The number of carbonyl (C=O) groups excluding carboxylic acids is 2. The summed E-state index contributed by atoms with van der Waals surface area (Å²) in [6, 6.07) is 14.8. The van der Waals surface area contributed by atoms with Crippen molar-refractivity contribution in [3.05, 3.63) is 83.0 Å². The monoisotopic (exact) mass is 441 g/mol. The van der Waals surface area contributed by atoms with Gasteiger partial charge in [0.1, 0.15) is 11.4 Å². The zero-order valence-corrected chi connectivity index (χ0v) is 16.7. The number of aromatic nitrogens is 1. The van der Waals surface area contributed by atoms with Crippen LogP contribution >= 0.6 is 0 Å². The van der Waals surface area contributed by atoms with Gasteiger partial charge in [0.2, 0.25) is 5.91 Å². The van der Waals surface area contributed by atoms with Crippen LogP contribution in [0.25, 0.3) is 11.3 Å². The largest absolute Gasteiger partial charge is 0.482 e. The van der Waals surface area contributed by atoms with E-state index in [-0.39, 0.29) is 25.6 Å². The smallest absolute Gasteiger partial charge is 0.416 e. The summed E-state index contributed by atoms with van der Waals surface area (Å²) < 4.78 is 43.9. The summed E-state index contributed by atoms with van der Waals surface area (Å²) in [5.74, 6) is -0.415. The van der Waals surface area contributed by atoms with E-state index >= 15 is 0 Å². The van der Waals surface area contributed by atoms with E-state index in [4.69, 9.17) is 10.5 Å². The molecule has 32 heavy (non-hydrogen) atoms. The lowest BCUT2D eigenvalue weighted by Gasteiger charge is -2.20. The Balaban J connectivity index is 1.59. The number of fused-ring (bicyclic) bond motifs is 1. The molecule has 0 unspecified atom stereocenters. The minimum Gasteiger partial charge on any atom is -0.482 e. The number of rotatable bonds is 4. The number of halogens is 3. The van der Waals surface area contributed by atoms with Gasteiger partial charge in [0.05, 0.1) is 17.8 Å². The molecule has 164 valence electrons. The van der Waals surface area contributed by atoms with Crippen LogP contribution in [0.5, 0.6) is 5.75 Å². The zero-order valence-electron chi connectivity index (χ0n) is 16.7. The quantitative estimate of drug-likeness (QED) is 0.668. The van der Waals surface area contributed by atoms with Crippen LogP contribution in [0, 0.1) is 0 Å². The lowest BCUT2D eigenvalue weighted by molar-refractivity contribution is -0.137. The van der Waals surface area contributed by atoms with Crippen molar-refractivity contribution in [1.82, 2.24) is 9.88 Å². The Morgan fingerprint density at radius 2 is 1.84 bits per heavy atom. The van der Waals surface area contributed by atoms with Gasteiger partial charge in [-0.2, -0.15) is 13.2 Å². The summed E-state index contributed by atoms with van der Waals surface area (Å²) in [5, 5.41) is 0. The molecule has 2 heterocycles. The Labute approximate surface area is 181 Å². The zero-order chi connectivity index (χ0) is 22.9. The second-order valence-electron chi connectivity index (χ2n) is 7.32. The van der Waals surface area contributed by atoms with E-state index in [1.165, 1.54) is 17.0 Å². The molecule has 2 aromatic carbocycles. The summed E-state index contributed by atoms with van der Waals surface area (Å²) >= 11 is 0. The number of nitrogens with two attached hydrogens (primary N) is 1. The molecule has 0 atom stereocenters. The summed E-state index contributed by atoms with van der Waals surface area (Å²) in [5.41, 5.74) is 7.24. The fourth-order valence-electron chi connectivity index (χ4n) is 3.39. The third-order valence-electron chi connectivity index (χ3n) is 5.07. The number of hydrogen-bond acceptors (Lipinski definition) is 4. The van der Waals surface area contributed by atoms with Crippen LogP contribution in [0.3, 0.4) is 0 Å². The van der Waals surface area contributed by atoms with E-state index in [0.717, 1.165) is 12.1 Å². The van der Waals surface area contributed by atoms with Gasteiger partial charge in [-0.25, -0.2) is 4.98 Å². The topological polar surface area (TPSA) is 85.5 Å². The molecule has 4 rings (SSSR count). The van der Waals surface area contributed by atoms with Crippen molar-refractivity contribution in [3.8, 4) is 17.0 Å². The predicted octanol–water partition coefficient (Wildman–Crippen LogP) is 3.79. The molecule has 1 aliphatic heterocycles. The molecule has 6 nitrogen and oxygen atoms in total. The standard InChI is InChI=1S/C23H18F3N3O3/c24-23(25,26)17-6-4-14(5-7-17)11-29-12-19-20(32-13-21(29)30)9-8-18(28-19)15-2-1-3-16(10-15)22(27)31/h1-10H,11-13H2,(H2,27,31). The first-order valence-corrected chi connectivity index (χ1v) is 9.67. The van der Waals surface area contributed by atoms with Crippen molar-refractivity contribution in [2.75, 3.05) is 6.61 Å². The van der Waals surface area contributed by atoms with E-state index in [9.17, 15) is 22.8 Å². The first kappa shape index (κ1) is 21.4. The van der Waals surface area contributed by atoms with E-state index in [2.05, 4.69) is 4.98 Å². The minimum absolute atomic E-state index is 0.114. The van der Waals surface area contributed by atoms with Crippen LogP contribution in [0.1, 0.15) is 27.2 Å². The fourth-order valence-corrected chi connectivity index (χ4v) is 3.39. The lowest BCUT2D eigenvalue weighted by Crippen LogP contribution is -2.32. The van der Waals surface area contributed by atoms with Gasteiger partial charge in [-0.3, -0.25) is 9.59 Å². The lowest BCUT2D eigenvalue weighted by atomic mass is 10.1. The third-order valence-corrected chi connectivity index (χ3v) is 5.07. The molecular formula is C23H18F3N3O3. The second-order valence-corrected chi connectivity index (χ2v) is 7.32. The SMILES string of the molecule is NC(=O)c1cccc(-c2ccc3c(n2)CN(Cc2ccc(C(F)(F)F)cc2)C(=O)CO3)c1. The van der Waals surface area contributed by atoms with Gasteiger partial charge in [-0.15, -0.1) is 0 Å². The Bertz CT molecular complexity index is 1180. The van der Waals surface area contributed by atoms with Crippen molar-refractivity contribution in [3.63, 3.8) is 0 Å². The first-order chi connectivity index (χ1) is 15.2. The van der Waals surface area contributed by atoms with Gasteiger partial charge in [-0.1, -0.05) is 24.3 Å². The minimum atomic E-state index is -4.42. The van der Waals surface area contributed by atoms with E-state index in [0.29, 0.717) is 33.8 Å². The molecule has 0 aliphatic carbocycles. The molecule has 0 fully saturated rings. The highest BCUT2D eigenvalue weighted by Crippen LogP contribution is 2.30. The van der Waals surface area contributed by atoms with E-state index in [1.54, 1.807) is 36.4 Å². The summed E-state index contributed by atoms with van der Waals surface area (Å²) in [6.45, 7) is 0.0349. The molecule has 2 N–H and O–H groups in total. The normalized spacial score (nSPS) is 13.8. The van der Waals surface area contributed by atoms with Gasteiger partial charge < -0.3 is 15.4 Å². The van der Waals surface area contributed by atoms with Crippen LogP contribution in [0.2, 0.25) is 0 Å². The van der Waals surface area contributed by atoms with Crippen molar-refractivity contribution in [2.24, 2.45) is 5.73 Å². The Kier molecular flexibility index (Phi) is 5.56. The number of pyridine rings is 1. The van der Waals surface area contributed by atoms with E-state index in [1.807, 2.05) is 0 Å². The van der Waals surface area contributed by atoms with Crippen LogP contribution < -0.4 is 10.5 Å². The highest BCUT2D eigenvalue weighted by atomic mass is 19.4. The second kappa shape index (κ2) is 8.33. The van der Waals surface area contributed by atoms with Gasteiger partial charge in [0.15, 0.2) is 6.61 Å². The molecule has 9 heteroatoms. The first-order valence-electron chi connectivity index (χ1n) is 9.67. The molecule has 0 saturated carbocycles. The van der Waals surface area contributed by atoms with Crippen molar-refractivity contribution >= 4 is 11.8 Å². The number of primary amides is 1. The fraction of sp³-hybridized carbons (Fsp3) is 0.174. The van der Waals surface area contributed by atoms with Gasteiger partial charge in [0, 0.05) is 17.7 Å².